The molecule has 1 heterocycles. The number of sulfone groups is 1. The zero-order valence-corrected chi connectivity index (χ0v) is 16.5. The number of hydrogen-bond donors (Lipinski definition) is 0. The molecule has 1 aromatic carbocycles. The van der Waals surface area contributed by atoms with Crippen LogP contribution in [-0.2, 0) is 21.7 Å². The standard InChI is InChI=1S/C18H22N2O5S/c1-7-15(21)25-18-14(9-19-20(18)5)16(22)13-8-10(2)17(26(6,23)24)12(4)11(13)3/h8-9H,7H2,1-6H3. The van der Waals surface area contributed by atoms with Crippen molar-refractivity contribution in [2.24, 2.45) is 7.05 Å². The van der Waals surface area contributed by atoms with Gasteiger partial charge in [0, 0.05) is 25.3 Å². The van der Waals surface area contributed by atoms with Crippen molar-refractivity contribution in [1.29, 1.82) is 0 Å². The number of benzene rings is 1. The Balaban J connectivity index is 2.61. The molecule has 2 rings (SSSR count). The lowest BCUT2D eigenvalue weighted by Crippen LogP contribution is -2.14. The van der Waals surface area contributed by atoms with Crippen LogP contribution in [0.5, 0.6) is 5.88 Å². The van der Waals surface area contributed by atoms with E-state index < -0.39 is 15.8 Å². The summed E-state index contributed by atoms with van der Waals surface area (Å²) in [4.78, 5) is 24.9. The molecule has 0 amide bonds. The molecule has 2 aromatic rings. The zero-order valence-electron chi connectivity index (χ0n) is 15.7. The first kappa shape index (κ1) is 19.8. The highest BCUT2D eigenvalue weighted by molar-refractivity contribution is 7.90. The van der Waals surface area contributed by atoms with E-state index in [1.54, 1.807) is 40.8 Å². The molecule has 0 aliphatic carbocycles. The molecular formula is C18H22N2O5S. The van der Waals surface area contributed by atoms with E-state index in [0.717, 1.165) is 6.26 Å². The van der Waals surface area contributed by atoms with Gasteiger partial charge in [-0.25, -0.2) is 13.1 Å². The number of esters is 1. The Morgan fingerprint density at radius 1 is 1.15 bits per heavy atom. The summed E-state index contributed by atoms with van der Waals surface area (Å²) in [5, 5.41) is 4.00. The monoisotopic (exact) mass is 378 g/mol. The second-order valence-corrected chi connectivity index (χ2v) is 8.19. The number of hydrogen-bond acceptors (Lipinski definition) is 6. The number of aromatic nitrogens is 2. The molecule has 0 saturated heterocycles. The molecule has 0 N–H and O–H groups in total. The lowest BCUT2D eigenvalue weighted by molar-refractivity contribution is -0.134. The number of rotatable bonds is 5. The van der Waals surface area contributed by atoms with E-state index in [0.29, 0.717) is 22.3 Å². The Labute approximate surface area is 152 Å². The minimum atomic E-state index is -3.41. The van der Waals surface area contributed by atoms with Crippen molar-refractivity contribution in [3.8, 4) is 5.88 Å². The molecular weight excluding hydrogens is 356 g/mol. The third kappa shape index (κ3) is 3.55. The molecule has 26 heavy (non-hydrogen) atoms. The predicted octanol–water partition coefficient (Wildman–Crippen LogP) is 2.30. The average molecular weight is 378 g/mol. The van der Waals surface area contributed by atoms with Gasteiger partial charge in [0.15, 0.2) is 15.6 Å². The maximum atomic E-state index is 13.0. The lowest BCUT2D eigenvalue weighted by Gasteiger charge is -2.15. The highest BCUT2D eigenvalue weighted by Gasteiger charge is 2.25. The van der Waals surface area contributed by atoms with Crippen LogP contribution in [0.3, 0.4) is 0 Å². The minimum absolute atomic E-state index is 0.0729. The van der Waals surface area contributed by atoms with Gasteiger partial charge in [0.05, 0.1) is 11.1 Å². The van der Waals surface area contributed by atoms with E-state index >= 15 is 0 Å². The van der Waals surface area contributed by atoms with Crippen LogP contribution in [0.15, 0.2) is 17.2 Å². The van der Waals surface area contributed by atoms with Crippen LogP contribution in [-0.4, -0.2) is 36.2 Å². The maximum Gasteiger partial charge on any atom is 0.312 e. The molecule has 0 bridgehead atoms. The van der Waals surface area contributed by atoms with Crippen LogP contribution in [0.1, 0.15) is 46.0 Å². The van der Waals surface area contributed by atoms with Crippen LogP contribution in [0.2, 0.25) is 0 Å². The fourth-order valence-corrected chi connectivity index (χ4v) is 4.25. The van der Waals surface area contributed by atoms with Gasteiger partial charge in [-0.3, -0.25) is 9.59 Å². The van der Waals surface area contributed by atoms with Crippen molar-refractivity contribution in [1.82, 2.24) is 9.78 Å². The first-order chi connectivity index (χ1) is 12.0. The molecule has 0 aliphatic heterocycles. The molecule has 0 atom stereocenters. The number of nitrogens with zero attached hydrogens (tertiary/aromatic N) is 2. The van der Waals surface area contributed by atoms with Crippen LogP contribution in [0.25, 0.3) is 0 Å². The van der Waals surface area contributed by atoms with Gasteiger partial charge >= 0.3 is 5.97 Å². The van der Waals surface area contributed by atoms with E-state index in [1.165, 1.54) is 10.9 Å². The second-order valence-electron chi connectivity index (χ2n) is 6.24. The molecule has 0 saturated carbocycles. The average Bonchev–Trinajstić information content (AvgIpc) is 2.89. The van der Waals surface area contributed by atoms with Crippen molar-refractivity contribution in [3.63, 3.8) is 0 Å². The van der Waals surface area contributed by atoms with E-state index in [4.69, 9.17) is 4.74 Å². The Kier molecular flexibility index (Phi) is 5.36. The molecule has 0 radical (unpaired) electrons. The molecule has 7 nitrogen and oxygen atoms in total. The third-order valence-corrected chi connectivity index (χ3v) is 5.64. The molecule has 140 valence electrons. The summed E-state index contributed by atoms with van der Waals surface area (Å²) < 4.78 is 30.6. The van der Waals surface area contributed by atoms with Crippen molar-refractivity contribution in [2.75, 3.05) is 6.26 Å². The fourth-order valence-electron chi connectivity index (χ4n) is 2.89. The predicted molar refractivity (Wildman–Crippen MR) is 96.3 cm³/mol. The Morgan fingerprint density at radius 3 is 2.31 bits per heavy atom. The van der Waals surface area contributed by atoms with Gasteiger partial charge in [0.2, 0.25) is 5.88 Å². The topological polar surface area (TPSA) is 95.3 Å². The first-order valence-electron chi connectivity index (χ1n) is 8.07. The molecule has 0 aliphatic rings. The number of carbonyl (C=O) groups is 2. The van der Waals surface area contributed by atoms with Crippen LogP contribution >= 0.6 is 0 Å². The van der Waals surface area contributed by atoms with Crippen molar-refractivity contribution >= 4 is 21.6 Å². The number of ketones is 1. The molecule has 0 fully saturated rings. The van der Waals surface area contributed by atoms with Crippen molar-refractivity contribution < 1.29 is 22.7 Å². The van der Waals surface area contributed by atoms with Gasteiger partial charge in [0.25, 0.3) is 0 Å². The largest absolute Gasteiger partial charge is 0.407 e. The van der Waals surface area contributed by atoms with Crippen LogP contribution < -0.4 is 4.74 Å². The summed E-state index contributed by atoms with van der Waals surface area (Å²) in [7, 11) is -1.84. The maximum absolute atomic E-state index is 13.0. The first-order valence-corrected chi connectivity index (χ1v) is 9.96. The van der Waals surface area contributed by atoms with Gasteiger partial charge in [-0.2, -0.15) is 5.10 Å². The van der Waals surface area contributed by atoms with Gasteiger partial charge in [0.1, 0.15) is 5.56 Å². The Hall–Kier alpha value is -2.48. The zero-order chi connectivity index (χ0) is 19.8. The van der Waals surface area contributed by atoms with Crippen LogP contribution in [0.4, 0.5) is 0 Å². The number of aryl methyl sites for hydroxylation is 2. The summed E-state index contributed by atoms with van der Waals surface area (Å²) in [6.45, 7) is 6.68. The summed E-state index contributed by atoms with van der Waals surface area (Å²) in [6, 6.07) is 1.56. The van der Waals surface area contributed by atoms with E-state index in [2.05, 4.69) is 5.10 Å². The Morgan fingerprint density at radius 2 is 1.77 bits per heavy atom. The molecule has 1 aromatic heterocycles. The number of ether oxygens (including phenoxy) is 1. The van der Waals surface area contributed by atoms with Crippen LogP contribution in [0, 0.1) is 20.8 Å². The summed E-state index contributed by atoms with van der Waals surface area (Å²) in [5.74, 6) is -0.774. The molecule has 8 heteroatoms. The van der Waals surface area contributed by atoms with E-state index in [1.807, 2.05) is 0 Å². The third-order valence-electron chi connectivity index (χ3n) is 4.27. The highest BCUT2D eigenvalue weighted by atomic mass is 32.2. The Bertz CT molecular complexity index is 1000. The van der Waals surface area contributed by atoms with E-state index in [-0.39, 0.29) is 28.5 Å². The fraction of sp³-hybridized carbons (Fsp3) is 0.389. The highest BCUT2D eigenvalue weighted by Crippen LogP contribution is 2.29. The quantitative estimate of drug-likeness (QED) is 0.585. The molecule has 0 spiro atoms. The van der Waals surface area contributed by atoms with Crippen molar-refractivity contribution in [2.45, 2.75) is 39.0 Å². The molecule has 0 unspecified atom stereocenters. The lowest BCUT2D eigenvalue weighted by atomic mass is 9.95. The van der Waals surface area contributed by atoms with E-state index in [9.17, 15) is 18.0 Å². The summed E-state index contributed by atoms with van der Waals surface area (Å²) in [5.41, 5.74) is 2.11. The summed E-state index contributed by atoms with van der Waals surface area (Å²) in [6.07, 6.45) is 2.65. The van der Waals surface area contributed by atoms with Gasteiger partial charge < -0.3 is 4.74 Å². The normalized spacial score (nSPS) is 11.5. The van der Waals surface area contributed by atoms with Gasteiger partial charge in [-0.1, -0.05) is 6.92 Å². The number of carbonyl (C=O) groups excluding carboxylic acids is 2. The van der Waals surface area contributed by atoms with Crippen molar-refractivity contribution in [3.05, 3.63) is 40.1 Å². The van der Waals surface area contributed by atoms with Gasteiger partial charge in [-0.05, 0) is 43.5 Å². The summed E-state index contributed by atoms with van der Waals surface area (Å²) >= 11 is 0. The van der Waals surface area contributed by atoms with Gasteiger partial charge in [-0.15, -0.1) is 0 Å². The second kappa shape index (κ2) is 7.03. The minimum Gasteiger partial charge on any atom is -0.407 e. The SMILES string of the molecule is CCC(=O)Oc1c(C(=O)c2cc(C)c(S(C)(=O)=O)c(C)c2C)cnn1C. The smallest absolute Gasteiger partial charge is 0.312 e.